The lowest BCUT2D eigenvalue weighted by atomic mass is 9.89. The Morgan fingerprint density at radius 3 is 2.53 bits per heavy atom. The Bertz CT molecular complexity index is 254. The Morgan fingerprint density at radius 1 is 0.947 bits per heavy atom. The maximum atomic E-state index is 10.3. The molecule has 0 radical (unpaired) electrons. The third-order valence-electron chi connectivity index (χ3n) is 5.42. The minimum Gasteiger partial charge on any atom is -0.393 e. The van der Waals surface area contributed by atoms with Gasteiger partial charge in [0.05, 0.1) is 6.10 Å². The summed E-state index contributed by atoms with van der Waals surface area (Å²) in [6, 6.07) is 0. The second-order valence-electron chi connectivity index (χ2n) is 7.20. The first-order chi connectivity index (χ1) is 9.16. The molecule has 2 fully saturated rings. The predicted molar refractivity (Wildman–Crippen MR) is 81.2 cm³/mol. The minimum absolute atomic E-state index is 0.0355. The largest absolute Gasteiger partial charge is 0.393 e. The molecule has 2 heteroatoms. The van der Waals surface area contributed by atoms with E-state index in [1.165, 1.54) is 58.0 Å². The van der Waals surface area contributed by atoms with Gasteiger partial charge in [0.25, 0.3) is 0 Å². The van der Waals surface area contributed by atoms with Gasteiger partial charge in [0.1, 0.15) is 0 Å². The summed E-state index contributed by atoms with van der Waals surface area (Å²) in [7, 11) is 0. The van der Waals surface area contributed by atoms with Gasteiger partial charge in [-0.1, -0.05) is 33.1 Å². The summed E-state index contributed by atoms with van der Waals surface area (Å²) in [5.74, 6) is 2.30. The molecule has 2 rings (SSSR count). The Hall–Kier alpha value is -0.0800. The van der Waals surface area contributed by atoms with Crippen LogP contribution in [0.3, 0.4) is 0 Å². The zero-order valence-corrected chi connectivity index (χ0v) is 13.0. The summed E-state index contributed by atoms with van der Waals surface area (Å²) < 4.78 is 0. The van der Waals surface area contributed by atoms with Crippen LogP contribution < -0.4 is 0 Å². The number of likely N-dealkylation sites (tertiary alicyclic amines) is 1. The average molecular weight is 267 g/mol. The molecule has 1 aliphatic heterocycles. The van der Waals surface area contributed by atoms with E-state index >= 15 is 0 Å². The van der Waals surface area contributed by atoms with Crippen LogP contribution in [-0.2, 0) is 0 Å². The van der Waals surface area contributed by atoms with Crippen molar-refractivity contribution in [1.29, 1.82) is 0 Å². The Labute approximate surface area is 119 Å². The van der Waals surface area contributed by atoms with Gasteiger partial charge in [0.15, 0.2) is 0 Å². The number of aliphatic hydroxyl groups excluding tert-OH is 1. The Balaban J connectivity index is 1.81. The highest BCUT2D eigenvalue weighted by Crippen LogP contribution is 2.28. The normalized spacial score (nSPS) is 35.1. The molecular formula is C17H33NO. The maximum absolute atomic E-state index is 10.3. The zero-order valence-electron chi connectivity index (χ0n) is 13.0. The van der Waals surface area contributed by atoms with Gasteiger partial charge in [0.2, 0.25) is 0 Å². The van der Waals surface area contributed by atoms with Crippen molar-refractivity contribution in [2.24, 2.45) is 17.8 Å². The molecule has 3 unspecified atom stereocenters. The third kappa shape index (κ3) is 4.75. The first-order valence-corrected chi connectivity index (χ1v) is 8.57. The van der Waals surface area contributed by atoms with Crippen molar-refractivity contribution < 1.29 is 5.11 Å². The molecule has 2 aliphatic rings. The van der Waals surface area contributed by atoms with E-state index in [-0.39, 0.29) is 6.10 Å². The highest BCUT2D eigenvalue weighted by atomic mass is 16.3. The van der Waals surface area contributed by atoms with E-state index in [0.717, 1.165) is 24.8 Å². The van der Waals surface area contributed by atoms with Crippen LogP contribution in [0.4, 0.5) is 0 Å². The third-order valence-corrected chi connectivity index (χ3v) is 5.42. The van der Waals surface area contributed by atoms with E-state index in [2.05, 4.69) is 18.7 Å². The van der Waals surface area contributed by atoms with Crippen molar-refractivity contribution in [3.63, 3.8) is 0 Å². The first kappa shape index (κ1) is 15.3. The van der Waals surface area contributed by atoms with Gasteiger partial charge < -0.3 is 10.0 Å². The summed E-state index contributed by atoms with van der Waals surface area (Å²) in [5.41, 5.74) is 0. The molecule has 19 heavy (non-hydrogen) atoms. The van der Waals surface area contributed by atoms with E-state index in [1.807, 2.05) is 0 Å². The number of aliphatic hydroxyl groups is 1. The molecule has 0 spiro atoms. The Morgan fingerprint density at radius 2 is 1.74 bits per heavy atom. The number of hydrogen-bond donors (Lipinski definition) is 1. The summed E-state index contributed by atoms with van der Waals surface area (Å²) in [5, 5.41) is 10.3. The zero-order chi connectivity index (χ0) is 13.7. The number of rotatable bonds is 3. The standard InChI is InChI=1S/C17H33NO/c1-14(2)15-8-6-11-18(12-10-15)13-16-7-4-3-5-9-17(16)19/h14-17,19H,3-13H2,1-2H3. The van der Waals surface area contributed by atoms with Crippen molar-refractivity contribution in [2.75, 3.05) is 19.6 Å². The van der Waals surface area contributed by atoms with E-state index in [4.69, 9.17) is 0 Å². The molecule has 112 valence electrons. The lowest BCUT2D eigenvalue weighted by molar-refractivity contribution is 0.0738. The molecule has 1 N–H and O–H groups in total. The van der Waals surface area contributed by atoms with Crippen molar-refractivity contribution >= 4 is 0 Å². The molecule has 0 aromatic carbocycles. The summed E-state index contributed by atoms with van der Waals surface area (Å²) in [4.78, 5) is 2.64. The minimum atomic E-state index is -0.0355. The van der Waals surface area contributed by atoms with Crippen LogP contribution in [0.5, 0.6) is 0 Å². The molecule has 0 aromatic heterocycles. The van der Waals surface area contributed by atoms with E-state index in [1.54, 1.807) is 0 Å². The monoisotopic (exact) mass is 267 g/mol. The molecular weight excluding hydrogens is 234 g/mol. The van der Waals surface area contributed by atoms with Crippen LogP contribution in [-0.4, -0.2) is 35.7 Å². The van der Waals surface area contributed by atoms with Crippen molar-refractivity contribution in [3.05, 3.63) is 0 Å². The van der Waals surface area contributed by atoms with Gasteiger partial charge in [-0.05, 0) is 62.9 Å². The molecule has 0 bridgehead atoms. The van der Waals surface area contributed by atoms with Gasteiger partial charge in [-0.15, -0.1) is 0 Å². The van der Waals surface area contributed by atoms with Crippen LogP contribution in [0.25, 0.3) is 0 Å². The molecule has 2 nitrogen and oxygen atoms in total. The van der Waals surface area contributed by atoms with Crippen LogP contribution in [0.2, 0.25) is 0 Å². The molecule has 1 saturated heterocycles. The van der Waals surface area contributed by atoms with Crippen molar-refractivity contribution in [1.82, 2.24) is 4.90 Å². The van der Waals surface area contributed by atoms with Gasteiger partial charge in [-0.2, -0.15) is 0 Å². The van der Waals surface area contributed by atoms with E-state index in [0.29, 0.717) is 5.92 Å². The van der Waals surface area contributed by atoms with Crippen molar-refractivity contribution in [3.8, 4) is 0 Å². The van der Waals surface area contributed by atoms with Gasteiger partial charge >= 0.3 is 0 Å². The van der Waals surface area contributed by atoms with Gasteiger partial charge in [0, 0.05) is 6.54 Å². The van der Waals surface area contributed by atoms with Crippen LogP contribution in [0.15, 0.2) is 0 Å². The molecule has 3 atom stereocenters. The Kier molecular flexibility index (Phi) is 6.15. The molecule has 1 aliphatic carbocycles. The lowest BCUT2D eigenvalue weighted by Crippen LogP contribution is -2.35. The highest BCUT2D eigenvalue weighted by Gasteiger charge is 2.26. The molecule has 1 heterocycles. The summed E-state index contributed by atoms with van der Waals surface area (Å²) in [6.45, 7) is 8.40. The fourth-order valence-corrected chi connectivity index (χ4v) is 3.94. The fourth-order valence-electron chi connectivity index (χ4n) is 3.94. The van der Waals surface area contributed by atoms with Crippen LogP contribution >= 0.6 is 0 Å². The quantitative estimate of drug-likeness (QED) is 0.788. The fraction of sp³-hybridized carbons (Fsp3) is 1.00. The van der Waals surface area contributed by atoms with Gasteiger partial charge in [-0.3, -0.25) is 0 Å². The van der Waals surface area contributed by atoms with Crippen LogP contribution in [0, 0.1) is 17.8 Å². The highest BCUT2D eigenvalue weighted by molar-refractivity contribution is 4.79. The maximum Gasteiger partial charge on any atom is 0.0580 e. The second kappa shape index (κ2) is 7.64. The van der Waals surface area contributed by atoms with E-state index < -0.39 is 0 Å². The number of nitrogens with zero attached hydrogens (tertiary/aromatic N) is 1. The molecule has 0 aromatic rings. The number of hydrogen-bond acceptors (Lipinski definition) is 2. The average Bonchev–Trinajstić information content (AvgIpc) is 2.72. The molecule has 0 amide bonds. The van der Waals surface area contributed by atoms with Crippen LogP contribution in [0.1, 0.15) is 65.2 Å². The van der Waals surface area contributed by atoms with Crippen molar-refractivity contribution in [2.45, 2.75) is 71.3 Å². The first-order valence-electron chi connectivity index (χ1n) is 8.57. The SMILES string of the molecule is CC(C)C1CCCN(CC2CCCCCC2O)CC1. The van der Waals surface area contributed by atoms with Gasteiger partial charge in [-0.25, -0.2) is 0 Å². The second-order valence-corrected chi connectivity index (χ2v) is 7.20. The summed E-state index contributed by atoms with van der Waals surface area (Å²) in [6.07, 6.45) is 10.2. The summed E-state index contributed by atoms with van der Waals surface area (Å²) >= 11 is 0. The van der Waals surface area contributed by atoms with E-state index in [9.17, 15) is 5.11 Å². The topological polar surface area (TPSA) is 23.5 Å². The smallest absolute Gasteiger partial charge is 0.0580 e. The molecule has 1 saturated carbocycles. The lowest BCUT2D eigenvalue weighted by Gasteiger charge is -2.28. The predicted octanol–water partition coefficient (Wildman–Crippen LogP) is 3.69.